The highest BCUT2D eigenvalue weighted by Crippen LogP contribution is 2.44. The van der Waals surface area contributed by atoms with Crippen molar-refractivity contribution in [3.05, 3.63) is 30.3 Å². The van der Waals surface area contributed by atoms with E-state index in [1.165, 1.54) is 0 Å². The normalized spacial score (nSPS) is 32.2. The van der Waals surface area contributed by atoms with E-state index in [1.807, 2.05) is 30.3 Å². The first-order valence-electron chi connectivity index (χ1n) is 6.60. The number of rotatable bonds is 1. The van der Waals surface area contributed by atoms with Crippen LogP contribution in [0.1, 0.15) is 12.8 Å². The fourth-order valence-corrected chi connectivity index (χ4v) is 3.15. The Bertz CT molecular complexity index is 497. The van der Waals surface area contributed by atoms with Crippen molar-refractivity contribution in [1.82, 2.24) is 0 Å². The molecule has 1 aliphatic carbocycles. The van der Waals surface area contributed by atoms with E-state index in [2.05, 4.69) is 0 Å². The maximum atomic E-state index is 11.9. The van der Waals surface area contributed by atoms with Gasteiger partial charge < -0.3 is 9.47 Å². The zero-order chi connectivity index (χ0) is 12.9. The third-order valence-electron chi connectivity index (χ3n) is 4.04. The van der Waals surface area contributed by atoms with Gasteiger partial charge in [-0.25, -0.2) is 5.06 Å². The van der Waals surface area contributed by atoms with Gasteiger partial charge in [-0.05, 0) is 12.1 Å². The molecule has 5 rings (SSSR count). The van der Waals surface area contributed by atoms with Gasteiger partial charge in [-0.2, -0.15) is 0 Å². The second-order valence-corrected chi connectivity index (χ2v) is 5.15. The van der Waals surface area contributed by atoms with E-state index in [9.17, 15) is 4.79 Å². The number of carbonyl (C=O) groups is 1. The summed E-state index contributed by atoms with van der Waals surface area (Å²) in [5, 5.41) is 1.79. The number of benzene rings is 1. The molecule has 5 heteroatoms. The maximum Gasteiger partial charge on any atom is 0.194 e. The van der Waals surface area contributed by atoms with E-state index in [0.29, 0.717) is 26.1 Å². The second kappa shape index (κ2) is 4.03. The summed E-state index contributed by atoms with van der Waals surface area (Å²) in [6, 6.07) is 9.59. The van der Waals surface area contributed by atoms with Crippen LogP contribution in [0, 0.1) is 0 Å². The highest BCUT2D eigenvalue weighted by molar-refractivity contribution is 5.86. The van der Waals surface area contributed by atoms with Crippen molar-refractivity contribution in [3.8, 4) is 0 Å². The Balaban J connectivity index is 1.72. The Labute approximate surface area is 111 Å². The highest BCUT2D eigenvalue weighted by atomic mass is 16.8. The number of para-hydroxylation sites is 1. The quantitative estimate of drug-likeness (QED) is 0.762. The van der Waals surface area contributed by atoms with Gasteiger partial charge in [-0.1, -0.05) is 18.2 Å². The van der Waals surface area contributed by atoms with Crippen LogP contribution in [-0.2, 0) is 19.1 Å². The first-order chi connectivity index (χ1) is 9.28. The predicted octanol–water partition coefficient (Wildman–Crippen LogP) is 1.28. The Hall–Kier alpha value is -1.43. The molecule has 3 heterocycles. The minimum Gasteiger partial charge on any atom is -0.345 e. The molecule has 3 saturated heterocycles. The maximum absolute atomic E-state index is 11.9. The van der Waals surface area contributed by atoms with Crippen LogP contribution >= 0.6 is 0 Å². The fourth-order valence-electron chi connectivity index (χ4n) is 3.15. The molecule has 1 saturated carbocycles. The smallest absolute Gasteiger partial charge is 0.194 e. The molecule has 1 aromatic rings. The molecule has 0 N–H and O–H groups in total. The minimum absolute atomic E-state index is 0.141. The number of Topliss-reactive ketones (excluding diaryl/α,β-unsaturated/α-hetero) is 1. The van der Waals surface area contributed by atoms with Crippen molar-refractivity contribution in [2.24, 2.45) is 0 Å². The SMILES string of the molecule is O=C1C[C@H]2N(c3ccccc3)O[C@@H]1CC21OCCO1. The van der Waals surface area contributed by atoms with Gasteiger partial charge in [0.25, 0.3) is 0 Å². The van der Waals surface area contributed by atoms with Crippen molar-refractivity contribution in [3.63, 3.8) is 0 Å². The van der Waals surface area contributed by atoms with Gasteiger partial charge >= 0.3 is 0 Å². The monoisotopic (exact) mass is 261 g/mol. The van der Waals surface area contributed by atoms with Gasteiger partial charge in [-0.3, -0.25) is 9.63 Å². The van der Waals surface area contributed by atoms with Gasteiger partial charge in [0, 0.05) is 12.8 Å². The molecule has 2 bridgehead atoms. The van der Waals surface area contributed by atoms with E-state index in [1.54, 1.807) is 5.06 Å². The lowest BCUT2D eigenvalue weighted by molar-refractivity contribution is -0.252. The molecule has 3 aliphatic heterocycles. The summed E-state index contributed by atoms with van der Waals surface area (Å²) in [5.41, 5.74) is 0.933. The van der Waals surface area contributed by atoms with E-state index in [-0.39, 0.29) is 11.8 Å². The van der Waals surface area contributed by atoms with Crippen LogP contribution in [0.5, 0.6) is 0 Å². The number of fused-ring (bicyclic) bond motifs is 2. The van der Waals surface area contributed by atoms with Gasteiger partial charge in [0.2, 0.25) is 0 Å². The van der Waals surface area contributed by atoms with Crippen molar-refractivity contribution < 1.29 is 19.1 Å². The molecule has 4 aliphatic rings. The van der Waals surface area contributed by atoms with Crippen LogP contribution in [0.15, 0.2) is 30.3 Å². The molecule has 19 heavy (non-hydrogen) atoms. The Morgan fingerprint density at radius 1 is 1.16 bits per heavy atom. The van der Waals surface area contributed by atoms with Crippen LogP contribution in [0.2, 0.25) is 0 Å². The lowest BCUT2D eigenvalue weighted by Crippen LogP contribution is -2.67. The molecule has 4 fully saturated rings. The van der Waals surface area contributed by atoms with Crippen LogP contribution in [0.25, 0.3) is 0 Å². The Kier molecular flexibility index (Phi) is 2.42. The van der Waals surface area contributed by atoms with Crippen molar-refractivity contribution in [1.29, 1.82) is 0 Å². The van der Waals surface area contributed by atoms with E-state index < -0.39 is 11.9 Å². The zero-order valence-electron chi connectivity index (χ0n) is 10.5. The van der Waals surface area contributed by atoms with Crippen molar-refractivity contribution in [2.75, 3.05) is 18.3 Å². The summed E-state index contributed by atoms with van der Waals surface area (Å²) in [4.78, 5) is 17.7. The minimum atomic E-state index is -0.674. The second-order valence-electron chi connectivity index (χ2n) is 5.15. The molecule has 5 nitrogen and oxygen atoms in total. The largest absolute Gasteiger partial charge is 0.345 e. The van der Waals surface area contributed by atoms with Crippen LogP contribution in [0.4, 0.5) is 5.69 Å². The number of ether oxygens (including phenoxy) is 2. The van der Waals surface area contributed by atoms with E-state index in [4.69, 9.17) is 14.3 Å². The summed E-state index contributed by atoms with van der Waals surface area (Å²) < 4.78 is 11.6. The van der Waals surface area contributed by atoms with Crippen LogP contribution in [0.3, 0.4) is 0 Å². The molecule has 100 valence electrons. The van der Waals surface area contributed by atoms with Gasteiger partial charge in [0.15, 0.2) is 11.6 Å². The van der Waals surface area contributed by atoms with E-state index in [0.717, 1.165) is 5.69 Å². The van der Waals surface area contributed by atoms with Crippen molar-refractivity contribution >= 4 is 11.5 Å². The first kappa shape index (κ1) is 11.4. The first-order valence-corrected chi connectivity index (χ1v) is 6.60. The van der Waals surface area contributed by atoms with Crippen LogP contribution < -0.4 is 5.06 Å². The molecule has 1 spiro atoms. The fraction of sp³-hybridized carbons (Fsp3) is 0.500. The topological polar surface area (TPSA) is 48.0 Å². The number of hydrogen-bond acceptors (Lipinski definition) is 5. The molecule has 0 radical (unpaired) electrons. The van der Waals surface area contributed by atoms with E-state index >= 15 is 0 Å². The Morgan fingerprint density at radius 3 is 2.58 bits per heavy atom. The summed E-state index contributed by atoms with van der Waals surface area (Å²) in [5.74, 6) is -0.533. The summed E-state index contributed by atoms with van der Waals surface area (Å²) in [6.45, 7) is 1.17. The lowest BCUT2D eigenvalue weighted by atomic mass is 9.83. The number of hydroxylamine groups is 1. The highest BCUT2D eigenvalue weighted by Gasteiger charge is 2.59. The molecular weight excluding hydrogens is 246 g/mol. The van der Waals surface area contributed by atoms with Gasteiger partial charge in [-0.15, -0.1) is 0 Å². The van der Waals surface area contributed by atoms with Gasteiger partial charge in [0.05, 0.1) is 18.9 Å². The number of carbonyl (C=O) groups excluding carboxylic acids is 1. The third-order valence-corrected chi connectivity index (χ3v) is 4.04. The third kappa shape index (κ3) is 1.62. The molecule has 1 aromatic carbocycles. The standard InChI is InChI=1S/C14H15NO4/c16-11-8-13-14(17-6-7-18-14)9-12(11)19-15(13)10-4-2-1-3-5-10/h1-5,12-13H,6-9H2/t12-,13-/m1/s1. The number of anilines is 1. The number of hydrogen-bond donors (Lipinski definition) is 0. The number of nitrogens with zero attached hydrogens (tertiary/aromatic N) is 1. The molecule has 2 atom stereocenters. The average molecular weight is 261 g/mol. The Morgan fingerprint density at radius 2 is 1.89 bits per heavy atom. The number of ketones is 1. The predicted molar refractivity (Wildman–Crippen MR) is 66.5 cm³/mol. The average Bonchev–Trinajstić information content (AvgIpc) is 2.90. The van der Waals surface area contributed by atoms with Crippen LogP contribution in [-0.4, -0.2) is 36.9 Å². The summed E-state index contributed by atoms with van der Waals surface area (Å²) in [6.07, 6.45) is 0.461. The van der Waals surface area contributed by atoms with Crippen molar-refractivity contribution in [2.45, 2.75) is 30.8 Å². The molecular formula is C14H15NO4. The summed E-state index contributed by atoms with van der Waals surface area (Å²) in [7, 11) is 0. The zero-order valence-corrected chi connectivity index (χ0v) is 10.5. The molecule has 0 aromatic heterocycles. The van der Waals surface area contributed by atoms with Gasteiger partial charge in [0.1, 0.15) is 12.1 Å². The summed E-state index contributed by atoms with van der Waals surface area (Å²) >= 11 is 0. The molecule has 0 unspecified atom stereocenters. The molecule has 0 amide bonds. The lowest BCUT2D eigenvalue weighted by Gasteiger charge is -2.52.